The van der Waals surface area contributed by atoms with Gasteiger partial charge in [0, 0.05) is 25.7 Å². The molecule has 2 N–H and O–H groups in total. The molecular formula is C11H20N2O. The summed E-state index contributed by atoms with van der Waals surface area (Å²) in [6.07, 6.45) is 4.38. The van der Waals surface area contributed by atoms with E-state index in [9.17, 15) is 0 Å². The van der Waals surface area contributed by atoms with E-state index >= 15 is 0 Å². The summed E-state index contributed by atoms with van der Waals surface area (Å²) in [5.74, 6) is 0. The van der Waals surface area contributed by atoms with Gasteiger partial charge in [-0.15, -0.1) is 0 Å². The van der Waals surface area contributed by atoms with Gasteiger partial charge in [0.25, 0.3) is 0 Å². The average Bonchev–Trinajstić information content (AvgIpc) is 2.83. The molecule has 14 heavy (non-hydrogen) atoms. The molecule has 3 nitrogen and oxygen atoms in total. The number of hydrogen-bond donors (Lipinski definition) is 1. The van der Waals surface area contributed by atoms with Crippen LogP contribution in [0.1, 0.15) is 26.2 Å². The summed E-state index contributed by atoms with van der Waals surface area (Å²) < 4.78 is 5.68. The number of nitrogens with zero attached hydrogens (tertiary/aromatic N) is 1. The third-order valence-electron chi connectivity index (χ3n) is 4.16. The van der Waals surface area contributed by atoms with Crippen molar-refractivity contribution in [3.05, 3.63) is 0 Å². The lowest BCUT2D eigenvalue weighted by atomic mass is 9.78. The van der Waals surface area contributed by atoms with Crippen molar-refractivity contribution < 1.29 is 4.74 Å². The first kappa shape index (κ1) is 9.13. The minimum Gasteiger partial charge on any atom is -0.377 e. The van der Waals surface area contributed by atoms with Crippen LogP contribution in [-0.2, 0) is 4.74 Å². The van der Waals surface area contributed by atoms with Crippen LogP contribution in [0.3, 0.4) is 0 Å². The first-order valence-corrected chi connectivity index (χ1v) is 5.85. The van der Waals surface area contributed by atoms with Crippen LogP contribution in [0.2, 0.25) is 0 Å². The number of hydrogen-bond acceptors (Lipinski definition) is 3. The first-order valence-electron chi connectivity index (χ1n) is 5.85. The van der Waals surface area contributed by atoms with Crippen LogP contribution in [0.4, 0.5) is 0 Å². The molecule has 1 spiro atoms. The molecule has 0 aromatic rings. The van der Waals surface area contributed by atoms with Gasteiger partial charge in [0.1, 0.15) is 0 Å². The maximum absolute atomic E-state index is 6.04. The number of ether oxygens (including phenoxy) is 1. The van der Waals surface area contributed by atoms with Crippen molar-refractivity contribution in [1.29, 1.82) is 0 Å². The summed E-state index contributed by atoms with van der Waals surface area (Å²) >= 11 is 0. The van der Waals surface area contributed by atoms with Crippen LogP contribution in [0.25, 0.3) is 0 Å². The van der Waals surface area contributed by atoms with E-state index in [0.29, 0.717) is 18.2 Å². The largest absolute Gasteiger partial charge is 0.377 e. The van der Waals surface area contributed by atoms with Crippen molar-refractivity contribution in [3.8, 4) is 0 Å². The molecule has 1 heterocycles. The van der Waals surface area contributed by atoms with E-state index < -0.39 is 0 Å². The minimum absolute atomic E-state index is 0.364. The van der Waals surface area contributed by atoms with Crippen molar-refractivity contribution in [2.24, 2.45) is 11.1 Å². The van der Waals surface area contributed by atoms with E-state index in [0.717, 1.165) is 18.4 Å². The second-order valence-corrected chi connectivity index (χ2v) is 5.29. The van der Waals surface area contributed by atoms with Gasteiger partial charge < -0.3 is 10.5 Å². The van der Waals surface area contributed by atoms with Crippen LogP contribution in [-0.4, -0.2) is 42.8 Å². The lowest BCUT2D eigenvalue weighted by Crippen LogP contribution is -2.70. The second-order valence-electron chi connectivity index (χ2n) is 5.29. The molecule has 3 atom stereocenters. The zero-order chi connectivity index (χ0) is 9.76. The fourth-order valence-electron chi connectivity index (χ4n) is 3.03. The zero-order valence-electron chi connectivity index (χ0n) is 8.91. The number of rotatable bonds is 3. The van der Waals surface area contributed by atoms with E-state index in [1.165, 1.54) is 25.9 Å². The lowest BCUT2D eigenvalue weighted by Gasteiger charge is -2.55. The Kier molecular flexibility index (Phi) is 1.92. The Labute approximate surface area is 85.6 Å². The summed E-state index contributed by atoms with van der Waals surface area (Å²) in [5, 5.41) is 0. The molecule has 0 aromatic heterocycles. The van der Waals surface area contributed by atoms with Gasteiger partial charge in [-0.05, 0) is 31.6 Å². The Morgan fingerprint density at radius 1 is 1.43 bits per heavy atom. The Bertz CT molecular complexity index is 229. The maximum atomic E-state index is 6.04. The van der Waals surface area contributed by atoms with Crippen LogP contribution in [0.5, 0.6) is 0 Å². The molecule has 0 radical (unpaired) electrons. The zero-order valence-corrected chi connectivity index (χ0v) is 8.91. The molecule has 0 aromatic carbocycles. The maximum Gasteiger partial charge on any atom is 0.0760 e. The molecule has 0 bridgehead atoms. The Hall–Kier alpha value is -0.120. The summed E-state index contributed by atoms with van der Waals surface area (Å²) in [6, 6.07) is 0.892. The standard InChI is InChI=1S/C11H20N2O/c1-2-14-9-5-8(12)10(9)13-6-11(7-13)3-4-11/h8-10H,2-7,12H2,1H3. The molecular weight excluding hydrogens is 176 g/mol. The normalized spacial score (nSPS) is 44.6. The van der Waals surface area contributed by atoms with Gasteiger partial charge in [-0.25, -0.2) is 0 Å². The van der Waals surface area contributed by atoms with Crippen LogP contribution in [0.15, 0.2) is 0 Å². The van der Waals surface area contributed by atoms with Crippen molar-refractivity contribution >= 4 is 0 Å². The second kappa shape index (κ2) is 2.94. The molecule has 0 amide bonds. The van der Waals surface area contributed by atoms with Gasteiger partial charge in [-0.1, -0.05) is 0 Å². The van der Waals surface area contributed by atoms with Gasteiger partial charge >= 0.3 is 0 Å². The fraction of sp³-hybridized carbons (Fsp3) is 1.00. The van der Waals surface area contributed by atoms with Crippen molar-refractivity contribution in [1.82, 2.24) is 4.90 Å². The highest BCUT2D eigenvalue weighted by molar-refractivity contribution is 5.12. The van der Waals surface area contributed by atoms with E-state index in [-0.39, 0.29) is 0 Å². The van der Waals surface area contributed by atoms with E-state index in [2.05, 4.69) is 11.8 Å². The molecule has 1 aliphatic heterocycles. The Morgan fingerprint density at radius 3 is 2.64 bits per heavy atom. The Morgan fingerprint density at radius 2 is 2.14 bits per heavy atom. The van der Waals surface area contributed by atoms with Gasteiger partial charge in [0.05, 0.1) is 12.1 Å². The summed E-state index contributed by atoms with van der Waals surface area (Å²) in [6.45, 7) is 5.47. The lowest BCUT2D eigenvalue weighted by molar-refractivity contribution is -0.115. The summed E-state index contributed by atoms with van der Waals surface area (Å²) in [4.78, 5) is 2.54. The molecule has 1 saturated heterocycles. The molecule has 3 aliphatic rings. The number of likely N-dealkylation sites (tertiary alicyclic amines) is 1. The van der Waals surface area contributed by atoms with Crippen LogP contribution >= 0.6 is 0 Å². The van der Waals surface area contributed by atoms with Gasteiger partial charge in [-0.2, -0.15) is 0 Å². The van der Waals surface area contributed by atoms with Crippen LogP contribution < -0.4 is 5.73 Å². The topological polar surface area (TPSA) is 38.5 Å². The van der Waals surface area contributed by atoms with Crippen molar-refractivity contribution in [2.45, 2.75) is 44.4 Å². The van der Waals surface area contributed by atoms with E-state index in [1.54, 1.807) is 0 Å². The highest BCUT2D eigenvalue weighted by atomic mass is 16.5. The summed E-state index contributed by atoms with van der Waals surface area (Å²) in [7, 11) is 0. The molecule has 80 valence electrons. The SMILES string of the molecule is CCOC1CC(N)C1N1CC2(CC2)C1. The molecule has 3 heteroatoms. The molecule has 2 saturated carbocycles. The quantitative estimate of drug-likeness (QED) is 0.718. The summed E-state index contributed by atoms with van der Waals surface area (Å²) in [5.41, 5.74) is 6.78. The predicted molar refractivity (Wildman–Crippen MR) is 55.0 cm³/mol. The van der Waals surface area contributed by atoms with Gasteiger partial charge in [0.2, 0.25) is 0 Å². The number of nitrogens with two attached hydrogens (primary N) is 1. The highest BCUT2D eigenvalue weighted by Crippen LogP contribution is 2.54. The highest BCUT2D eigenvalue weighted by Gasteiger charge is 2.57. The molecule has 3 unspecified atom stereocenters. The van der Waals surface area contributed by atoms with Crippen molar-refractivity contribution in [2.75, 3.05) is 19.7 Å². The smallest absolute Gasteiger partial charge is 0.0760 e. The third-order valence-corrected chi connectivity index (χ3v) is 4.16. The van der Waals surface area contributed by atoms with E-state index in [1.807, 2.05) is 0 Å². The monoisotopic (exact) mass is 196 g/mol. The fourth-order valence-corrected chi connectivity index (χ4v) is 3.03. The predicted octanol–water partition coefficient (Wildman–Crippen LogP) is 0.587. The van der Waals surface area contributed by atoms with E-state index in [4.69, 9.17) is 10.5 Å². The molecule has 3 rings (SSSR count). The average molecular weight is 196 g/mol. The molecule has 3 fully saturated rings. The minimum atomic E-state index is 0.364. The van der Waals surface area contributed by atoms with Crippen molar-refractivity contribution in [3.63, 3.8) is 0 Å². The first-order chi connectivity index (χ1) is 6.74. The molecule has 2 aliphatic carbocycles. The van der Waals surface area contributed by atoms with Gasteiger partial charge in [-0.3, -0.25) is 4.90 Å². The van der Waals surface area contributed by atoms with Gasteiger partial charge in [0.15, 0.2) is 0 Å². The Balaban J connectivity index is 1.55. The van der Waals surface area contributed by atoms with Crippen LogP contribution in [0, 0.1) is 5.41 Å². The third kappa shape index (κ3) is 1.23.